The van der Waals surface area contributed by atoms with Crippen molar-refractivity contribution in [3.63, 3.8) is 0 Å². The Labute approximate surface area is 180 Å². The second-order valence-corrected chi connectivity index (χ2v) is 9.05. The smallest absolute Gasteiger partial charge is 0.347 e. The summed E-state index contributed by atoms with van der Waals surface area (Å²) in [6, 6.07) is 20.5. The molecule has 0 atom stereocenters. The van der Waals surface area contributed by atoms with Crippen LogP contribution in [0, 0.1) is 0 Å². The molecule has 0 unspecified atom stereocenters. The number of rotatable bonds is 5. The number of benzene rings is 3. The number of para-hydroxylation sites is 1. The standard InChI is InChI=1S/C22H14BrNO5S/c23-16-7-11-18(12-8-16)30(27,28)24-17-9-5-14(6-10-17)21(25)19-13-15-3-1-2-4-20(15)29-22(19)26/h1-13,24H. The quantitative estimate of drug-likeness (QED) is 0.331. The number of sulfonamides is 1. The number of ketones is 1. The zero-order chi connectivity index (χ0) is 21.3. The average molecular weight is 484 g/mol. The monoisotopic (exact) mass is 483 g/mol. The zero-order valence-corrected chi connectivity index (χ0v) is 17.7. The lowest BCUT2D eigenvalue weighted by molar-refractivity contribution is 0.103. The lowest BCUT2D eigenvalue weighted by atomic mass is 10.0. The van der Waals surface area contributed by atoms with Gasteiger partial charge in [-0.1, -0.05) is 34.1 Å². The van der Waals surface area contributed by atoms with Crippen LogP contribution in [0.15, 0.2) is 97.4 Å². The summed E-state index contributed by atoms with van der Waals surface area (Å²) in [5.74, 6) is -0.503. The first kappa shape index (κ1) is 20.1. The molecular weight excluding hydrogens is 470 g/mol. The van der Waals surface area contributed by atoms with Crippen LogP contribution in [-0.4, -0.2) is 14.2 Å². The van der Waals surface area contributed by atoms with Crippen LogP contribution in [0.3, 0.4) is 0 Å². The third-order valence-corrected chi connectivity index (χ3v) is 6.34. The molecule has 6 nitrogen and oxygen atoms in total. The molecule has 0 aliphatic heterocycles. The van der Waals surface area contributed by atoms with Crippen molar-refractivity contribution in [2.24, 2.45) is 0 Å². The molecule has 0 spiro atoms. The Balaban J connectivity index is 1.59. The van der Waals surface area contributed by atoms with Crippen LogP contribution in [0.2, 0.25) is 0 Å². The van der Waals surface area contributed by atoms with E-state index in [9.17, 15) is 18.0 Å². The number of nitrogens with one attached hydrogen (secondary N) is 1. The van der Waals surface area contributed by atoms with Crippen molar-refractivity contribution in [2.75, 3.05) is 4.72 Å². The molecule has 3 aromatic carbocycles. The summed E-state index contributed by atoms with van der Waals surface area (Å²) >= 11 is 3.26. The first-order valence-corrected chi connectivity index (χ1v) is 11.1. The lowest BCUT2D eigenvalue weighted by Gasteiger charge is -2.09. The Hall–Kier alpha value is -3.23. The first-order valence-electron chi connectivity index (χ1n) is 8.79. The molecule has 0 bridgehead atoms. The van der Waals surface area contributed by atoms with E-state index in [1.165, 1.54) is 42.5 Å². The van der Waals surface area contributed by atoms with E-state index in [2.05, 4.69) is 20.7 Å². The van der Waals surface area contributed by atoms with E-state index in [0.717, 1.165) is 4.47 Å². The number of carbonyl (C=O) groups excluding carboxylic acids is 1. The highest BCUT2D eigenvalue weighted by Crippen LogP contribution is 2.20. The summed E-state index contributed by atoms with van der Waals surface area (Å²) in [6.45, 7) is 0. The van der Waals surface area contributed by atoms with E-state index in [1.54, 1.807) is 36.4 Å². The Morgan fingerprint density at radius 3 is 2.27 bits per heavy atom. The molecule has 0 amide bonds. The van der Waals surface area contributed by atoms with Gasteiger partial charge in [-0.25, -0.2) is 13.2 Å². The summed E-state index contributed by atoms with van der Waals surface area (Å²) in [5, 5.41) is 0.638. The summed E-state index contributed by atoms with van der Waals surface area (Å²) in [4.78, 5) is 25.1. The minimum Gasteiger partial charge on any atom is -0.422 e. The van der Waals surface area contributed by atoms with Gasteiger partial charge in [-0.05, 0) is 60.7 Å². The van der Waals surface area contributed by atoms with E-state index in [4.69, 9.17) is 4.42 Å². The molecule has 30 heavy (non-hydrogen) atoms. The van der Waals surface area contributed by atoms with Crippen LogP contribution >= 0.6 is 15.9 Å². The van der Waals surface area contributed by atoms with Crippen molar-refractivity contribution < 1.29 is 17.6 Å². The molecule has 0 saturated heterocycles. The van der Waals surface area contributed by atoms with E-state index in [1.807, 2.05) is 0 Å². The molecular formula is C22H14BrNO5S. The number of halogens is 1. The van der Waals surface area contributed by atoms with E-state index >= 15 is 0 Å². The molecule has 0 saturated carbocycles. The number of hydrogen-bond acceptors (Lipinski definition) is 5. The van der Waals surface area contributed by atoms with Crippen LogP contribution in [0.1, 0.15) is 15.9 Å². The number of hydrogen-bond donors (Lipinski definition) is 1. The Morgan fingerprint density at radius 1 is 0.900 bits per heavy atom. The summed E-state index contributed by atoms with van der Waals surface area (Å²) in [5.41, 5.74) is 0.122. The van der Waals surface area contributed by atoms with Gasteiger partial charge in [0.1, 0.15) is 11.1 Å². The van der Waals surface area contributed by atoms with E-state index in [0.29, 0.717) is 16.7 Å². The minimum absolute atomic E-state index is 0.0862. The zero-order valence-electron chi connectivity index (χ0n) is 15.3. The van der Waals surface area contributed by atoms with Gasteiger partial charge in [-0.15, -0.1) is 0 Å². The molecule has 0 radical (unpaired) electrons. The van der Waals surface area contributed by atoms with Crippen molar-refractivity contribution >= 4 is 48.4 Å². The second-order valence-electron chi connectivity index (χ2n) is 6.45. The lowest BCUT2D eigenvalue weighted by Crippen LogP contribution is -2.15. The third kappa shape index (κ3) is 4.05. The molecule has 1 N–H and O–H groups in total. The second kappa shape index (κ2) is 7.89. The average Bonchev–Trinajstić information content (AvgIpc) is 2.73. The van der Waals surface area contributed by atoms with Gasteiger partial charge in [0.15, 0.2) is 5.78 Å². The molecule has 1 aromatic heterocycles. The van der Waals surface area contributed by atoms with Gasteiger partial charge in [0.2, 0.25) is 0 Å². The van der Waals surface area contributed by atoms with Crippen molar-refractivity contribution in [1.29, 1.82) is 0 Å². The molecule has 0 aliphatic carbocycles. The molecule has 0 fully saturated rings. The van der Waals surface area contributed by atoms with Gasteiger partial charge in [0, 0.05) is 21.1 Å². The van der Waals surface area contributed by atoms with Crippen molar-refractivity contribution in [3.05, 3.63) is 105 Å². The van der Waals surface area contributed by atoms with Crippen LogP contribution < -0.4 is 10.3 Å². The van der Waals surface area contributed by atoms with Crippen LogP contribution in [0.25, 0.3) is 11.0 Å². The van der Waals surface area contributed by atoms with Gasteiger partial charge in [-0.2, -0.15) is 0 Å². The number of anilines is 1. The number of carbonyl (C=O) groups is 1. The van der Waals surface area contributed by atoms with Crippen LogP contribution in [0.4, 0.5) is 5.69 Å². The molecule has 8 heteroatoms. The third-order valence-electron chi connectivity index (χ3n) is 4.41. The molecule has 4 aromatic rings. The summed E-state index contributed by atoms with van der Waals surface area (Å²) in [6.07, 6.45) is 0. The fourth-order valence-corrected chi connectivity index (χ4v) is 4.22. The number of fused-ring (bicyclic) bond motifs is 1. The Bertz CT molecular complexity index is 1410. The van der Waals surface area contributed by atoms with Crippen molar-refractivity contribution in [1.82, 2.24) is 0 Å². The Morgan fingerprint density at radius 2 is 1.57 bits per heavy atom. The normalized spacial score (nSPS) is 11.4. The minimum atomic E-state index is -3.77. The summed E-state index contributed by atoms with van der Waals surface area (Å²) in [7, 11) is -3.77. The van der Waals surface area contributed by atoms with Crippen LogP contribution in [-0.2, 0) is 10.0 Å². The molecule has 1 heterocycles. The maximum Gasteiger partial charge on any atom is 0.347 e. The fourth-order valence-electron chi connectivity index (χ4n) is 2.89. The Kier molecular flexibility index (Phi) is 5.27. The fraction of sp³-hybridized carbons (Fsp3) is 0. The predicted molar refractivity (Wildman–Crippen MR) is 117 cm³/mol. The van der Waals surface area contributed by atoms with E-state index in [-0.39, 0.29) is 16.0 Å². The SMILES string of the molecule is O=C(c1ccc(NS(=O)(=O)c2ccc(Br)cc2)cc1)c1cc2ccccc2oc1=O. The van der Waals surface area contributed by atoms with Crippen LogP contribution in [0.5, 0.6) is 0 Å². The first-order chi connectivity index (χ1) is 14.3. The topological polar surface area (TPSA) is 93.4 Å². The van der Waals surface area contributed by atoms with Gasteiger partial charge < -0.3 is 4.42 Å². The van der Waals surface area contributed by atoms with Gasteiger partial charge in [-0.3, -0.25) is 9.52 Å². The predicted octanol–water partition coefficient (Wildman–Crippen LogP) is 4.59. The molecule has 4 rings (SSSR count). The molecule has 150 valence electrons. The summed E-state index contributed by atoms with van der Waals surface area (Å²) < 4.78 is 33.4. The largest absolute Gasteiger partial charge is 0.422 e. The highest BCUT2D eigenvalue weighted by molar-refractivity contribution is 9.10. The maximum absolute atomic E-state index is 12.8. The molecule has 0 aliphatic rings. The van der Waals surface area contributed by atoms with Crippen molar-refractivity contribution in [2.45, 2.75) is 4.90 Å². The van der Waals surface area contributed by atoms with Gasteiger partial charge in [0.05, 0.1) is 4.90 Å². The van der Waals surface area contributed by atoms with E-state index < -0.39 is 21.4 Å². The van der Waals surface area contributed by atoms with Gasteiger partial charge >= 0.3 is 5.63 Å². The van der Waals surface area contributed by atoms with Crippen molar-refractivity contribution in [3.8, 4) is 0 Å². The maximum atomic E-state index is 12.8. The highest BCUT2D eigenvalue weighted by atomic mass is 79.9. The van der Waals surface area contributed by atoms with Gasteiger partial charge in [0.25, 0.3) is 10.0 Å². The highest BCUT2D eigenvalue weighted by Gasteiger charge is 2.17.